The molecular formula is C11H13N. The van der Waals surface area contributed by atoms with Crippen LogP contribution >= 0.6 is 0 Å². The van der Waals surface area contributed by atoms with Crippen molar-refractivity contribution in [3.05, 3.63) is 29.8 Å². The van der Waals surface area contributed by atoms with E-state index in [4.69, 9.17) is 0 Å². The summed E-state index contributed by atoms with van der Waals surface area (Å²) in [5.41, 5.74) is 3.47. The first kappa shape index (κ1) is 6.53. The van der Waals surface area contributed by atoms with Crippen LogP contribution in [0.2, 0.25) is 0 Å². The molecule has 1 aliphatic heterocycles. The van der Waals surface area contributed by atoms with Crippen molar-refractivity contribution in [1.29, 1.82) is 0 Å². The second-order valence-electron chi connectivity index (χ2n) is 4.35. The number of fused-ring (bicyclic) bond motifs is 3. The van der Waals surface area contributed by atoms with Gasteiger partial charge in [-0.2, -0.15) is 0 Å². The fourth-order valence-corrected chi connectivity index (χ4v) is 2.35. The molecule has 1 aromatic rings. The molecule has 0 saturated heterocycles. The summed E-state index contributed by atoms with van der Waals surface area (Å²) in [5, 5.41) is 3.49. The molecule has 3 rings (SSSR count). The number of benzene rings is 1. The molecule has 1 saturated carbocycles. The van der Waals surface area contributed by atoms with Gasteiger partial charge in [-0.1, -0.05) is 25.1 Å². The van der Waals surface area contributed by atoms with Crippen LogP contribution in [-0.2, 0) is 0 Å². The minimum atomic E-state index is 0.578. The van der Waals surface area contributed by atoms with Crippen LogP contribution in [0.5, 0.6) is 0 Å². The van der Waals surface area contributed by atoms with E-state index in [1.807, 2.05) is 0 Å². The highest BCUT2D eigenvalue weighted by atomic mass is 14.9. The Kier molecular flexibility index (Phi) is 1.00. The maximum atomic E-state index is 3.49. The van der Waals surface area contributed by atoms with Crippen molar-refractivity contribution in [2.45, 2.75) is 19.3 Å². The Morgan fingerprint density at radius 2 is 2.25 bits per heavy atom. The standard InChI is InChI=1S/C11H13N/c1-11-6-9(11)8-4-2-3-5-10(8)12-7-11/h2-5,9,12H,6-7H2,1H3/t9?,11-/m0/s1. The summed E-state index contributed by atoms with van der Waals surface area (Å²) in [6.07, 6.45) is 1.37. The maximum Gasteiger partial charge on any atom is 0.0375 e. The lowest BCUT2D eigenvalue weighted by Gasteiger charge is -2.22. The molecule has 0 aromatic heterocycles. The van der Waals surface area contributed by atoms with E-state index in [1.165, 1.54) is 17.7 Å². The summed E-state index contributed by atoms with van der Waals surface area (Å²) in [4.78, 5) is 0. The van der Waals surface area contributed by atoms with Crippen LogP contribution in [0.15, 0.2) is 24.3 Å². The van der Waals surface area contributed by atoms with Crippen LogP contribution in [-0.4, -0.2) is 6.54 Å². The van der Waals surface area contributed by atoms with Crippen molar-refractivity contribution in [2.75, 3.05) is 11.9 Å². The van der Waals surface area contributed by atoms with Gasteiger partial charge in [0.05, 0.1) is 0 Å². The van der Waals surface area contributed by atoms with E-state index in [-0.39, 0.29) is 0 Å². The molecule has 1 fully saturated rings. The third kappa shape index (κ3) is 0.689. The largest absolute Gasteiger partial charge is 0.384 e. The second-order valence-corrected chi connectivity index (χ2v) is 4.35. The van der Waals surface area contributed by atoms with E-state index in [0.717, 1.165) is 12.5 Å². The average Bonchev–Trinajstić information content (AvgIpc) is 2.78. The molecule has 1 N–H and O–H groups in total. The van der Waals surface area contributed by atoms with Crippen molar-refractivity contribution < 1.29 is 0 Å². The van der Waals surface area contributed by atoms with Crippen molar-refractivity contribution in [1.82, 2.24) is 0 Å². The van der Waals surface area contributed by atoms with Gasteiger partial charge in [0.25, 0.3) is 0 Å². The van der Waals surface area contributed by atoms with Crippen LogP contribution in [0, 0.1) is 5.41 Å². The number of nitrogens with one attached hydrogen (secondary N) is 1. The van der Waals surface area contributed by atoms with E-state index < -0.39 is 0 Å². The van der Waals surface area contributed by atoms with E-state index in [0.29, 0.717) is 5.41 Å². The van der Waals surface area contributed by atoms with Gasteiger partial charge in [0.15, 0.2) is 0 Å². The summed E-state index contributed by atoms with van der Waals surface area (Å²) in [5.74, 6) is 0.843. The van der Waals surface area contributed by atoms with Crippen LogP contribution in [0.4, 0.5) is 5.69 Å². The Morgan fingerprint density at radius 3 is 3.17 bits per heavy atom. The van der Waals surface area contributed by atoms with Crippen molar-refractivity contribution in [2.24, 2.45) is 5.41 Å². The zero-order valence-corrected chi connectivity index (χ0v) is 7.30. The quantitative estimate of drug-likeness (QED) is 0.613. The number of hydrogen-bond acceptors (Lipinski definition) is 1. The normalized spacial score (nSPS) is 36.2. The van der Waals surface area contributed by atoms with Gasteiger partial charge in [0.2, 0.25) is 0 Å². The minimum absolute atomic E-state index is 0.578. The summed E-state index contributed by atoms with van der Waals surface area (Å²) in [6.45, 7) is 3.54. The van der Waals surface area contributed by atoms with Gasteiger partial charge in [-0.25, -0.2) is 0 Å². The SMILES string of the molecule is C[C@]12CNc3ccccc3C1C2. The molecule has 1 unspecified atom stereocenters. The van der Waals surface area contributed by atoms with Crippen LogP contribution in [0.25, 0.3) is 0 Å². The van der Waals surface area contributed by atoms with Gasteiger partial charge in [-0.15, -0.1) is 0 Å². The molecule has 0 radical (unpaired) electrons. The monoisotopic (exact) mass is 159 g/mol. The topological polar surface area (TPSA) is 12.0 Å². The molecule has 0 spiro atoms. The molecule has 2 atom stereocenters. The van der Waals surface area contributed by atoms with E-state index in [2.05, 4.69) is 36.5 Å². The molecule has 2 aliphatic rings. The first-order chi connectivity index (χ1) is 5.80. The van der Waals surface area contributed by atoms with Crippen molar-refractivity contribution in [3.8, 4) is 0 Å². The highest BCUT2D eigenvalue weighted by molar-refractivity contribution is 5.58. The molecule has 1 aromatic carbocycles. The van der Waals surface area contributed by atoms with Crippen molar-refractivity contribution in [3.63, 3.8) is 0 Å². The molecule has 0 amide bonds. The van der Waals surface area contributed by atoms with Crippen LogP contribution < -0.4 is 5.32 Å². The van der Waals surface area contributed by atoms with Gasteiger partial charge in [-0.3, -0.25) is 0 Å². The number of para-hydroxylation sites is 1. The fourth-order valence-electron chi connectivity index (χ4n) is 2.35. The lowest BCUT2D eigenvalue weighted by Crippen LogP contribution is -2.19. The first-order valence-electron chi connectivity index (χ1n) is 4.62. The predicted molar refractivity (Wildman–Crippen MR) is 50.4 cm³/mol. The summed E-state index contributed by atoms with van der Waals surface area (Å²) < 4.78 is 0. The second kappa shape index (κ2) is 1.85. The lowest BCUT2D eigenvalue weighted by atomic mass is 9.96. The van der Waals surface area contributed by atoms with Gasteiger partial charge < -0.3 is 5.32 Å². The number of hydrogen-bond donors (Lipinski definition) is 1. The van der Waals surface area contributed by atoms with E-state index in [1.54, 1.807) is 0 Å². The smallest absolute Gasteiger partial charge is 0.0375 e. The van der Waals surface area contributed by atoms with Gasteiger partial charge in [0, 0.05) is 12.2 Å². The molecule has 1 aliphatic carbocycles. The number of rotatable bonds is 0. The zero-order chi connectivity index (χ0) is 8.18. The van der Waals surface area contributed by atoms with Crippen molar-refractivity contribution >= 4 is 5.69 Å². The van der Waals surface area contributed by atoms with Gasteiger partial charge in [0.1, 0.15) is 0 Å². The Labute approximate surface area is 72.8 Å². The van der Waals surface area contributed by atoms with Gasteiger partial charge in [-0.05, 0) is 29.4 Å². The summed E-state index contributed by atoms with van der Waals surface area (Å²) >= 11 is 0. The highest BCUT2D eigenvalue weighted by Crippen LogP contribution is 2.62. The van der Waals surface area contributed by atoms with Crippen LogP contribution in [0.1, 0.15) is 24.8 Å². The molecule has 1 heterocycles. The molecule has 62 valence electrons. The Bertz CT molecular complexity index is 332. The third-order valence-corrected chi connectivity index (χ3v) is 3.37. The number of anilines is 1. The lowest BCUT2D eigenvalue weighted by molar-refractivity contribution is 0.571. The van der Waals surface area contributed by atoms with E-state index in [9.17, 15) is 0 Å². The predicted octanol–water partition coefficient (Wildman–Crippen LogP) is 2.61. The highest BCUT2D eigenvalue weighted by Gasteiger charge is 2.53. The van der Waals surface area contributed by atoms with Crippen LogP contribution in [0.3, 0.4) is 0 Å². The molecule has 1 heteroatoms. The van der Waals surface area contributed by atoms with E-state index >= 15 is 0 Å². The molecular weight excluding hydrogens is 146 g/mol. The molecule has 0 bridgehead atoms. The first-order valence-corrected chi connectivity index (χ1v) is 4.62. The Hall–Kier alpha value is -0.980. The summed E-state index contributed by atoms with van der Waals surface area (Å²) in [6, 6.07) is 8.70. The molecule has 12 heavy (non-hydrogen) atoms. The third-order valence-electron chi connectivity index (χ3n) is 3.37. The fraction of sp³-hybridized carbons (Fsp3) is 0.455. The summed E-state index contributed by atoms with van der Waals surface area (Å²) in [7, 11) is 0. The average molecular weight is 159 g/mol. The Morgan fingerprint density at radius 1 is 1.42 bits per heavy atom. The minimum Gasteiger partial charge on any atom is -0.384 e. The van der Waals surface area contributed by atoms with Gasteiger partial charge >= 0.3 is 0 Å². The molecule has 1 nitrogen and oxygen atoms in total. The zero-order valence-electron chi connectivity index (χ0n) is 7.30. The maximum absolute atomic E-state index is 3.49. The Balaban J connectivity index is 2.12.